The van der Waals surface area contributed by atoms with E-state index in [9.17, 15) is 14.3 Å². The van der Waals surface area contributed by atoms with Gasteiger partial charge < -0.3 is 19.9 Å². The topological polar surface area (TPSA) is 83.9 Å². The molecule has 220 valence electrons. The number of nitrogens with one attached hydrogen (secondary N) is 1. The molecule has 43 heavy (non-hydrogen) atoms. The number of rotatable bonds is 5. The van der Waals surface area contributed by atoms with Crippen molar-refractivity contribution in [1.82, 2.24) is 4.98 Å². The number of phenols is 1. The molecule has 6 rings (SSSR count). The number of anilines is 2. The molecule has 2 aliphatic heterocycles. The molecule has 3 aromatic carbocycles. The number of aromatic hydroxyl groups is 1. The van der Waals surface area contributed by atoms with E-state index in [1.54, 1.807) is 61.5 Å². The summed E-state index contributed by atoms with van der Waals surface area (Å²) in [5, 5.41) is 14.3. The molecule has 2 N–H and O–H groups in total. The number of phenolic OH excluding ortho intramolecular Hbond substituents is 1. The zero-order chi connectivity index (χ0) is 30.3. The van der Waals surface area contributed by atoms with Gasteiger partial charge in [-0.25, -0.2) is 13.8 Å². The monoisotopic (exact) mass is 583 g/mol. The average molecular weight is 584 g/mol. The lowest BCUT2D eigenvalue weighted by Gasteiger charge is -2.38. The first-order chi connectivity index (χ1) is 20.6. The molecule has 1 aromatic heterocycles. The fourth-order valence-electron chi connectivity index (χ4n) is 5.50. The van der Waals surface area contributed by atoms with Crippen LogP contribution in [-0.2, 0) is 11.3 Å². The molecule has 7 nitrogen and oxygen atoms in total. The first-order valence-electron chi connectivity index (χ1n) is 14.0. The molecule has 1 amide bonds. The highest BCUT2D eigenvalue weighted by Crippen LogP contribution is 2.50. The SMILES string of the molecule is Cc1cccc(C(=O)N2c3cccc(O)c3NC3=C(OCC(C)(C)C3)C2c2ccc(OCc3cccc(F)c3)cc2F)n1. The van der Waals surface area contributed by atoms with Gasteiger partial charge in [0.05, 0.1) is 18.0 Å². The zero-order valence-electron chi connectivity index (χ0n) is 24.0. The van der Waals surface area contributed by atoms with E-state index in [0.29, 0.717) is 47.1 Å². The molecule has 1 unspecified atom stereocenters. The Hall–Kier alpha value is -4.92. The van der Waals surface area contributed by atoms with Crippen molar-refractivity contribution in [3.05, 3.63) is 124 Å². The summed E-state index contributed by atoms with van der Waals surface area (Å²) in [6.45, 7) is 6.28. The Bertz CT molecular complexity index is 1750. The number of ether oxygens (including phenoxy) is 2. The van der Waals surface area contributed by atoms with Gasteiger partial charge in [-0.3, -0.25) is 9.69 Å². The predicted molar refractivity (Wildman–Crippen MR) is 159 cm³/mol. The zero-order valence-corrected chi connectivity index (χ0v) is 24.0. The highest BCUT2D eigenvalue weighted by Gasteiger charge is 2.43. The van der Waals surface area contributed by atoms with E-state index in [2.05, 4.69) is 24.1 Å². The highest BCUT2D eigenvalue weighted by molar-refractivity contribution is 6.08. The number of halogens is 2. The second-order valence-corrected chi connectivity index (χ2v) is 11.6. The largest absolute Gasteiger partial charge is 0.506 e. The Morgan fingerprint density at radius 2 is 1.88 bits per heavy atom. The lowest BCUT2D eigenvalue weighted by Crippen LogP contribution is -2.39. The Labute approximate surface area is 248 Å². The van der Waals surface area contributed by atoms with E-state index in [1.165, 1.54) is 29.2 Å². The maximum absolute atomic E-state index is 16.2. The van der Waals surface area contributed by atoms with Gasteiger partial charge in [0.25, 0.3) is 5.91 Å². The van der Waals surface area contributed by atoms with E-state index in [0.717, 1.165) is 0 Å². The van der Waals surface area contributed by atoms with Gasteiger partial charge in [-0.1, -0.05) is 38.1 Å². The number of allylic oxidation sites excluding steroid dienone is 1. The molecule has 0 spiro atoms. The van der Waals surface area contributed by atoms with Crippen LogP contribution in [0, 0.1) is 24.0 Å². The van der Waals surface area contributed by atoms with Crippen LogP contribution in [0.4, 0.5) is 20.2 Å². The lowest BCUT2D eigenvalue weighted by atomic mass is 9.85. The first kappa shape index (κ1) is 28.2. The Morgan fingerprint density at radius 3 is 2.65 bits per heavy atom. The first-order valence-corrected chi connectivity index (χ1v) is 14.0. The quantitative estimate of drug-likeness (QED) is 0.238. The molecule has 0 saturated carbocycles. The third-order valence-electron chi connectivity index (χ3n) is 7.52. The Morgan fingerprint density at radius 1 is 1.09 bits per heavy atom. The van der Waals surface area contributed by atoms with Crippen LogP contribution in [0.25, 0.3) is 0 Å². The fourth-order valence-corrected chi connectivity index (χ4v) is 5.50. The van der Waals surface area contributed by atoms with E-state index in [4.69, 9.17) is 9.47 Å². The van der Waals surface area contributed by atoms with Crippen molar-refractivity contribution < 1.29 is 28.2 Å². The number of para-hydroxylation sites is 1. The maximum atomic E-state index is 16.2. The van der Waals surface area contributed by atoms with Crippen LogP contribution in [0.5, 0.6) is 11.5 Å². The maximum Gasteiger partial charge on any atom is 0.277 e. The Kier molecular flexibility index (Phi) is 7.25. The number of nitrogens with zero attached hydrogens (tertiary/aromatic N) is 2. The number of pyridine rings is 1. The van der Waals surface area contributed by atoms with Crippen LogP contribution < -0.4 is 15.0 Å². The molecule has 0 fully saturated rings. The summed E-state index contributed by atoms with van der Waals surface area (Å²) in [5.74, 6) is -0.943. The van der Waals surface area contributed by atoms with E-state index < -0.39 is 17.8 Å². The summed E-state index contributed by atoms with van der Waals surface area (Å²) in [6, 6.07) is 19.4. The number of hydrogen-bond donors (Lipinski definition) is 2. The molecule has 0 saturated heterocycles. The smallest absolute Gasteiger partial charge is 0.277 e. The number of fused-ring (bicyclic) bond motifs is 1. The molecule has 3 heterocycles. The molecule has 4 aromatic rings. The Balaban J connectivity index is 1.48. The van der Waals surface area contributed by atoms with E-state index in [1.807, 2.05) is 0 Å². The van der Waals surface area contributed by atoms with Gasteiger partial charge >= 0.3 is 0 Å². The molecule has 0 radical (unpaired) electrons. The van der Waals surface area contributed by atoms with Gasteiger partial charge in [0.15, 0.2) is 0 Å². The van der Waals surface area contributed by atoms with Crippen LogP contribution in [0.2, 0.25) is 0 Å². The van der Waals surface area contributed by atoms with Crippen molar-refractivity contribution in [2.24, 2.45) is 5.41 Å². The summed E-state index contributed by atoms with van der Waals surface area (Å²) in [7, 11) is 0. The molecular formula is C34H31F2N3O4. The minimum atomic E-state index is -1.03. The van der Waals surface area contributed by atoms with Crippen molar-refractivity contribution in [2.45, 2.75) is 39.8 Å². The molecular weight excluding hydrogens is 552 g/mol. The van der Waals surface area contributed by atoms with Crippen LogP contribution in [0.1, 0.15) is 53.6 Å². The predicted octanol–water partition coefficient (Wildman–Crippen LogP) is 7.42. The standard InChI is InChI=1S/C34H31F2N3O4/c1-20-7-4-10-26(37-20)33(41)39-28-11-6-12-29(40)30(28)38-27-17-34(2,3)19-43-32(27)31(39)24-14-13-23(16-25(24)36)42-18-21-8-5-9-22(35)15-21/h4-16,31,38,40H,17-19H2,1-3H3. The van der Waals surface area contributed by atoms with Crippen molar-refractivity contribution in [1.29, 1.82) is 0 Å². The summed E-state index contributed by atoms with van der Waals surface area (Å²) in [6.07, 6.45) is 0.535. The van der Waals surface area contributed by atoms with Gasteiger partial charge in [-0.2, -0.15) is 0 Å². The number of amides is 1. The summed E-state index contributed by atoms with van der Waals surface area (Å²) >= 11 is 0. The molecule has 9 heteroatoms. The summed E-state index contributed by atoms with van der Waals surface area (Å²) in [4.78, 5) is 20.2. The fraction of sp³-hybridized carbons (Fsp3) is 0.235. The van der Waals surface area contributed by atoms with E-state index >= 15 is 4.39 Å². The third kappa shape index (κ3) is 5.62. The summed E-state index contributed by atoms with van der Waals surface area (Å²) < 4.78 is 41.9. The molecule has 0 aliphatic carbocycles. The normalized spacial score (nSPS) is 17.2. The second kappa shape index (κ2) is 11.1. The van der Waals surface area contributed by atoms with Crippen LogP contribution in [-0.4, -0.2) is 22.6 Å². The average Bonchev–Trinajstić information content (AvgIpc) is 3.10. The van der Waals surface area contributed by atoms with Crippen molar-refractivity contribution >= 4 is 17.3 Å². The molecule has 0 bridgehead atoms. The third-order valence-corrected chi connectivity index (χ3v) is 7.52. The number of aromatic nitrogens is 1. The summed E-state index contributed by atoms with van der Waals surface area (Å²) in [5.41, 5.74) is 2.63. The van der Waals surface area contributed by atoms with Crippen LogP contribution in [0.3, 0.4) is 0 Å². The van der Waals surface area contributed by atoms with Crippen LogP contribution >= 0.6 is 0 Å². The second-order valence-electron chi connectivity index (χ2n) is 11.6. The molecule has 2 aliphatic rings. The van der Waals surface area contributed by atoms with Gasteiger partial charge in [-0.15, -0.1) is 0 Å². The number of hydrogen-bond acceptors (Lipinski definition) is 6. The van der Waals surface area contributed by atoms with Crippen molar-refractivity contribution in [2.75, 3.05) is 16.8 Å². The minimum Gasteiger partial charge on any atom is -0.506 e. The number of carbonyl (C=O) groups excluding carboxylic acids is 1. The van der Waals surface area contributed by atoms with Gasteiger partial charge in [-0.05, 0) is 67.4 Å². The number of carbonyl (C=O) groups is 1. The lowest BCUT2D eigenvalue weighted by molar-refractivity contribution is 0.0756. The highest BCUT2D eigenvalue weighted by atomic mass is 19.1. The molecule has 1 atom stereocenters. The van der Waals surface area contributed by atoms with Crippen molar-refractivity contribution in [3.8, 4) is 11.5 Å². The van der Waals surface area contributed by atoms with Gasteiger partial charge in [0, 0.05) is 22.7 Å². The number of aryl methyl sites for hydroxylation is 1. The van der Waals surface area contributed by atoms with Gasteiger partial charge in [0.2, 0.25) is 0 Å². The van der Waals surface area contributed by atoms with E-state index in [-0.39, 0.29) is 40.6 Å². The van der Waals surface area contributed by atoms with Gasteiger partial charge in [0.1, 0.15) is 52.9 Å². The van der Waals surface area contributed by atoms with Crippen molar-refractivity contribution in [3.63, 3.8) is 0 Å². The minimum absolute atomic E-state index is 0.0493. The number of benzene rings is 3. The van der Waals surface area contributed by atoms with Crippen LogP contribution in [0.15, 0.2) is 90.3 Å².